The number of nitrogens with zero attached hydrogens (tertiary/aromatic N) is 3. The van der Waals surface area contributed by atoms with Crippen LogP contribution in [0, 0.1) is 6.92 Å². The van der Waals surface area contributed by atoms with Gasteiger partial charge >= 0.3 is 0 Å². The lowest BCUT2D eigenvalue weighted by molar-refractivity contribution is 0.700. The fourth-order valence-electron chi connectivity index (χ4n) is 2.20. The van der Waals surface area contributed by atoms with Gasteiger partial charge in [0.1, 0.15) is 5.65 Å². The van der Waals surface area contributed by atoms with Crippen LogP contribution in [0.25, 0.3) is 5.65 Å². The van der Waals surface area contributed by atoms with Gasteiger partial charge in [-0.25, -0.2) is 4.98 Å². The summed E-state index contributed by atoms with van der Waals surface area (Å²) >= 11 is 0. The second-order valence-corrected chi connectivity index (χ2v) is 5.46. The minimum Gasteiger partial charge on any atom is -0.357 e. The average Bonchev–Trinajstić information content (AvgIpc) is 2.82. The molecular weight excluding hydrogens is 262 g/mol. The number of hydrogen-bond donors (Lipinski definition) is 2. The van der Waals surface area contributed by atoms with Crippen molar-refractivity contribution in [3.8, 4) is 0 Å². The van der Waals surface area contributed by atoms with Gasteiger partial charge in [0, 0.05) is 37.9 Å². The summed E-state index contributed by atoms with van der Waals surface area (Å²) in [6, 6.07) is 4.50. The molecule has 0 atom stereocenters. The Morgan fingerprint density at radius 1 is 1.43 bits per heavy atom. The molecule has 0 unspecified atom stereocenters. The third-order valence-corrected chi connectivity index (χ3v) is 3.14. The van der Waals surface area contributed by atoms with E-state index < -0.39 is 0 Å². The number of nitrogens with one attached hydrogen (secondary N) is 2. The number of aryl methyl sites for hydroxylation is 1. The van der Waals surface area contributed by atoms with E-state index in [1.54, 1.807) is 0 Å². The van der Waals surface area contributed by atoms with E-state index in [0.29, 0.717) is 6.04 Å². The van der Waals surface area contributed by atoms with E-state index in [1.807, 2.05) is 12.3 Å². The first-order valence-corrected chi connectivity index (χ1v) is 7.58. The molecule has 0 saturated heterocycles. The minimum absolute atomic E-state index is 0.376. The SMILES string of the molecule is CCNC(=NCCc1cn2cccc(C)c2n1)NC(C)C. The second kappa shape index (κ2) is 7.11. The van der Waals surface area contributed by atoms with Crippen LogP contribution >= 0.6 is 0 Å². The maximum absolute atomic E-state index is 4.67. The molecule has 2 N–H and O–H groups in total. The standard InChI is InChI=1S/C16H25N5/c1-5-17-16(19-12(2)3)18-9-8-14-11-21-10-6-7-13(4)15(21)20-14/h6-7,10-12H,5,8-9H2,1-4H3,(H2,17,18,19). The molecule has 0 radical (unpaired) electrons. The number of imidazole rings is 1. The van der Waals surface area contributed by atoms with Crippen LogP contribution in [0.4, 0.5) is 0 Å². The maximum Gasteiger partial charge on any atom is 0.191 e. The third kappa shape index (κ3) is 4.21. The van der Waals surface area contributed by atoms with Crippen molar-refractivity contribution in [3.05, 3.63) is 35.8 Å². The molecule has 5 heteroatoms. The Morgan fingerprint density at radius 2 is 2.24 bits per heavy atom. The number of aromatic nitrogens is 2. The molecule has 0 aliphatic carbocycles. The molecule has 0 saturated carbocycles. The largest absolute Gasteiger partial charge is 0.357 e. The summed E-state index contributed by atoms with van der Waals surface area (Å²) in [5.41, 5.74) is 3.30. The van der Waals surface area contributed by atoms with Gasteiger partial charge in [0.15, 0.2) is 5.96 Å². The highest BCUT2D eigenvalue weighted by Crippen LogP contribution is 2.10. The van der Waals surface area contributed by atoms with E-state index in [1.165, 1.54) is 5.56 Å². The predicted molar refractivity (Wildman–Crippen MR) is 87.9 cm³/mol. The fraction of sp³-hybridized carbons (Fsp3) is 0.500. The van der Waals surface area contributed by atoms with Gasteiger partial charge in [-0.05, 0) is 39.3 Å². The van der Waals surface area contributed by atoms with Crippen LogP contribution in [0.1, 0.15) is 32.0 Å². The quantitative estimate of drug-likeness (QED) is 0.654. The summed E-state index contributed by atoms with van der Waals surface area (Å²) in [4.78, 5) is 9.26. The molecule has 2 aromatic rings. The Morgan fingerprint density at radius 3 is 2.90 bits per heavy atom. The van der Waals surface area contributed by atoms with Crippen LogP contribution in [0.15, 0.2) is 29.5 Å². The molecule has 0 amide bonds. The summed E-state index contributed by atoms with van der Waals surface area (Å²) in [6.45, 7) is 9.97. The molecule has 0 spiro atoms. The zero-order valence-electron chi connectivity index (χ0n) is 13.3. The van der Waals surface area contributed by atoms with Crippen LogP contribution in [0.2, 0.25) is 0 Å². The lowest BCUT2D eigenvalue weighted by Gasteiger charge is -2.13. The zero-order chi connectivity index (χ0) is 15.2. The van der Waals surface area contributed by atoms with Crippen LogP contribution < -0.4 is 10.6 Å². The topological polar surface area (TPSA) is 53.7 Å². The third-order valence-electron chi connectivity index (χ3n) is 3.14. The predicted octanol–water partition coefficient (Wildman–Crippen LogP) is 2.15. The summed E-state index contributed by atoms with van der Waals surface area (Å²) < 4.78 is 2.08. The average molecular weight is 287 g/mol. The Balaban J connectivity index is 2.01. The number of rotatable bonds is 5. The lowest BCUT2D eigenvalue weighted by atomic mass is 10.3. The van der Waals surface area contributed by atoms with Crippen LogP contribution in [0.5, 0.6) is 0 Å². The number of aliphatic imine (C=N–C) groups is 1. The van der Waals surface area contributed by atoms with Crippen molar-refractivity contribution in [2.45, 2.75) is 40.2 Å². The molecule has 0 aliphatic rings. The number of fused-ring (bicyclic) bond motifs is 1. The van der Waals surface area contributed by atoms with Crippen LogP contribution in [-0.4, -0.2) is 34.5 Å². The highest BCUT2D eigenvalue weighted by molar-refractivity contribution is 5.79. The van der Waals surface area contributed by atoms with E-state index in [0.717, 1.165) is 36.8 Å². The summed E-state index contributed by atoms with van der Waals surface area (Å²) in [6.07, 6.45) is 4.96. The molecule has 5 nitrogen and oxygen atoms in total. The number of hydrogen-bond acceptors (Lipinski definition) is 2. The summed E-state index contributed by atoms with van der Waals surface area (Å²) in [5, 5.41) is 6.57. The minimum atomic E-state index is 0.376. The number of guanidine groups is 1. The van der Waals surface area contributed by atoms with Gasteiger partial charge in [0.2, 0.25) is 0 Å². The van der Waals surface area contributed by atoms with Gasteiger partial charge in [-0.1, -0.05) is 6.07 Å². The van der Waals surface area contributed by atoms with Crippen molar-refractivity contribution in [1.82, 2.24) is 20.0 Å². The van der Waals surface area contributed by atoms with Gasteiger partial charge in [0.05, 0.1) is 5.69 Å². The van der Waals surface area contributed by atoms with Gasteiger partial charge in [-0.15, -0.1) is 0 Å². The Bertz CT molecular complexity index is 612. The first-order chi connectivity index (χ1) is 10.1. The molecule has 2 aromatic heterocycles. The highest BCUT2D eigenvalue weighted by atomic mass is 15.2. The molecule has 2 heterocycles. The van der Waals surface area contributed by atoms with Crippen molar-refractivity contribution >= 4 is 11.6 Å². The highest BCUT2D eigenvalue weighted by Gasteiger charge is 2.04. The molecular formula is C16H25N5. The second-order valence-electron chi connectivity index (χ2n) is 5.46. The van der Waals surface area contributed by atoms with Gasteiger partial charge in [-0.3, -0.25) is 4.99 Å². The summed E-state index contributed by atoms with van der Waals surface area (Å²) in [5.74, 6) is 0.868. The maximum atomic E-state index is 4.67. The normalized spacial score (nSPS) is 12.1. The van der Waals surface area contributed by atoms with Crippen molar-refractivity contribution in [1.29, 1.82) is 0 Å². The Labute approximate surface area is 126 Å². The monoisotopic (exact) mass is 287 g/mol. The van der Waals surface area contributed by atoms with Crippen molar-refractivity contribution in [3.63, 3.8) is 0 Å². The Kier molecular flexibility index (Phi) is 5.20. The fourth-order valence-corrected chi connectivity index (χ4v) is 2.20. The lowest BCUT2D eigenvalue weighted by Crippen LogP contribution is -2.41. The van der Waals surface area contributed by atoms with Gasteiger partial charge < -0.3 is 15.0 Å². The van der Waals surface area contributed by atoms with Crippen molar-refractivity contribution in [2.75, 3.05) is 13.1 Å². The van der Waals surface area contributed by atoms with Gasteiger partial charge in [-0.2, -0.15) is 0 Å². The molecule has 0 aliphatic heterocycles. The van der Waals surface area contributed by atoms with E-state index in [-0.39, 0.29) is 0 Å². The van der Waals surface area contributed by atoms with E-state index in [4.69, 9.17) is 0 Å². The zero-order valence-corrected chi connectivity index (χ0v) is 13.3. The van der Waals surface area contributed by atoms with Crippen molar-refractivity contribution < 1.29 is 0 Å². The van der Waals surface area contributed by atoms with E-state index in [2.05, 4.69) is 65.0 Å². The molecule has 2 rings (SSSR count). The summed E-state index contributed by atoms with van der Waals surface area (Å²) in [7, 11) is 0. The van der Waals surface area contributed by atoms with Gasteiger partial charge in [0.25, 0.3) is 0 Å². The molecule has 0 fully saturated rings. The van der Waals surface area contributed by atoms with E-state index in [9.17, 15) is 0 Å². The smallest absolute Gasteiger partial charge is 0.191 e. The first-order valence-electron chi connectivity index (χ1n) is 7.58. The molecule has 114 valence electrons. The van der Waals surface area contributed by atoms with Crippen molar-refractivity contribution in [2.24, 2.45) is 4.99 Å². The number of pyridine rings is 1. The molecule has 0 aromatic carbocycles. The molecule has 0 bridgehead atoms. The first kappa shape index (κ1) is 15.4. The van der Waals surface area contributed by atoms with E-state index >= 15 is 0 Å². The van der Waals surface area contributed by atoms with Crippen LogP contribution in [-0.2, 0) is 6.42 Å². The molecule has 21 heavy (non-hydrogen) atoms. The van der Waals surface area contributed by atoms with Crippen LogP contribution in [0.3, 0.4) is 0 Å². The Hall–Kier alpha value is -2.04.